The Kier molecular flexibility index (Phi) is 4.65. The summed E-state index contributed by atoms with van der Waals surface area (Å²) in [6.45, 7) is 4.02. The molecule has 0 amide bonds. The van der Waals surface area contributed by atoms with Gasteiger partial charge in [-0.2, -0.15) is 0 Å². The van der Waals surface area contributed by atoms with Crippen LogP contribution in [0.4, 0.5) is 0 Å². The fourth-order valence-corrected chi connectivity index (χ4v) is 2.85. The molecule has 110 valence electrons. The second kappa shape index (κ2) is 6.27. The quantitative estimate of drug-likeness (QED) is 0.830. The first-order valence-corrected chi connectivity index (χ1v) is 7.18. The highest BCUT2D eigenvalue weighted by molar-refractivity contribution is 5.76. The van der Waals surface area contributed by atoms with Gasteiger partial charge in [-0.1, -0.05) is 19.9 Å². The third kappa shape index (κ3) is 3.12. The molecular formula is C16H23NO3. The van der Waals surface area contributed by atoms with Crippen LogP contribution < -0.4 is 5.32 Å². The highest BCUT2D eigenvalue weighted by atomic mass is 16.5. The molecule has 1 aliphatic rings. The van der Waals surface area contributed by atoms with Gasteiger partial charge < -0.3 is 9.84 Å². The van der Waals surface area contributed by atoms with E-state index in [0.29, 0.717) is 5.75 Å². The number of fused-ring (bicyclic) bond motifs is 1. The molecule has 2 unspecified atom stereocenters. The molecule has 20 heavy (non-hydrogen) atoms. The number of ether oxygens (including phenoxy) is 1. The molecule has 2 rings (SSSR count). The van der Waals surface area contributed by atoms with Gasteiger partial charge in [-0.05, 0) is 48.4 Å². The first-order valence-electron chi connectivity index (χ1n) is 7.18. The van der Waals surface area contributed by atoms with Crippen LogP contribution in [0.2, 0.25) is 0 Å². The molecule has 1 aromatic carbocycles. The van der Waals surface area contributed by atoms with Crippen LogP contribution in [-0.2, 0) is 16.0 Å². The second-order valence-electron chi connectivity index (χ2n) is 5.74. The summed E-state index contributed by atoms with van der Waals surface area (Å²) in [5, 5.41) is 13.0. The summed E-state index contributed by atoms with van der Waals surface area (Å²) < 4.78 is 4.88. The van der Waals surface area contributed by atoms with Crippen molar-refractivity contribution < 1.29 is 14.6 Å². The van der Waals surface area contributed by atoms with Crippen molar-refractivity contribution in [3.63, 3.8) is 0 Å². The molecule has 0 heterocycles. The Morgan fingerprint density at radius 1 is 1.45 bits per heavy atom. The van der Waals surface area contributed by atoms with E-state index < -0.39 is 0 Å². The average Bonchev–Trinajstić information content (AvgIpc) is 2.43. The summed E-state index contributed by atoms with van der Waals surface area (Å²) in [5.74, 6) is 0.258. The number of phenolic OH excluding ortho intramolecular Hbond substituents is 1. The summed E-state index contributed by atoms with van der Waals surface area (Å²) >= 11 is 0. The third-order valence-corrected chi connectivity index (χ3v) is 3.94. The van der Waals surface area contributed by atoms with Gasteiger partial charge in [0.1, 0.15) is 11.8 Å². The Bertz CT molecular complexity index is 485. The van der Waals surface area contributed by atoms with Crippen LogP contribution >= 0.6 is 0 Å². The van der Waals surface area contributed by atoms with E-state index in [1.54, 1.807) is 6.07 Å². The van der Waals surface area contributed by atoms with E-state index in [2.05, 4.69) is 5.32 Å². The maximum Gasteiger partial charge on any atom is 0.323 e. The zero-order valence-corrected chi connectivity index (χ0v) is 12.3. The van der Waals surface area contributed by atoms with E-state index in [1.165, 1.54) is 18.2 Å². The normalized spacial score (nSPS) is 19.5. The van der Waals surface area contributed by atoms with Crippen LogP contribution in [0.5, 0.6) is 5.75 Å². The SMILES string of the molecule is COC(=O)C(NC1CCCc2cc(O)ccc21)C(C)C. The zero-order valence-electron chi connectivity index (χ0n) is 12.3. The number of aromatic hydroxyl groups is 1. The van der Waals surface area contributed by atoms with Gasteiger partial charge in [0.25, 0.3) is 0 Å². The fourth-order valence-electron chi connectivity index (χ4n) is 2.85. The van der Waals surface area contributed by atoms with E-state index >= 15 is 0 Å². The third-order valence-electron chi connectivity index (χ3n) is 3.94. The predicted molar refractivity (Wildman–Crippen MR) is 77.6 cm³/mol. The molecule has 0 aliphatic heterocycles. The van der Waals surface area contributed by atoms with Crippen molar-refractivity contribution in [3.8, 4) is 5.75 Å². The molecule has 0 saturated heterocycles. The van der Waals surface area contributed by atoms with Gasteiger partial charge in [-0.25, -0.2) is 0 Å². The van der Waals surface area contributed by atoms with Gasteiger partial charge in [0.05, 0.1) is 7.11 Å². The van der Waals surface area contributed by atoms with Gasteiger partial charge in [0.15, 0.2) is 0 Å². The number of hydrogen-bond acceptors (Lipinski definition) is 4. The van der Waals surface area contributed by atoms with E-state index in [4.69, 9.17) is 4.74 Å². The van der Waals surface area contributed by atoms with Gasteiger partial charge in [0, 0.05) is 6.04 Å². The zero-order chi connectivity index (χ0) is 14.7. The largest absolute Gasteiger partial charge is 0.508 e. The molecule has 0 fully saturated rings. The standard InChI is InChI=1S/C16H23NO3/c1-10(2)15(16(19)20-3)17-14-6-4-5-11-9-12(18)7-8-13(11)14/h7-10,14-15,17-18H,4-6H2,1-3H3. The average molecular weight is 277 g/mol. The molecule has 0 aromatic heterocycles. The van der Waals surface area contributed by atoms with Crippen molar-refractivity contribution in [2.24, 2.45) is 5.92 Å². The lowest BCUT2D eigenvalue weighted by molar-refractivity contribution is -0.144. The number of carbonyl (C=O) groups is 1. The number of carbonyl (C=O) groups excluding carboxylic acids is 1. The van der Waals surface area contributed by atoms with Gasteiger partial charge >= 0.3 is 5.97 Å². The molecule has 2 atom stereocenters. The summed E-state index contributed by atoms with van der Waals surface area (Å²) in [4.78, 5) is 11.9. The highest BCUT2D eigenvalue weighted by Gasteiger charge is 2.29. The van der Waals surface area contributed by atoms with Crippen molar-refractivity contribution in [3.05, 3.63) is 29.3 Å². The number of nitrogens with one attached hydrogen (secondary N) is 1. The number of benzene rings is 1. The molecule has 0 saturated carbocycles. The Hall–Kier alpha value is -1.55. The number of rotatable bonds is 4. The maximum absolute atomic E-state index is 11.9. The van der Waals surface area contributed by atoms with Crippen molar-refractivity contribution in [2.75, 3.05) is 7.11 Å². The Labute approximate surface area is 120 Å². The molecule has 2 N–H and O–H groups in total. The Morgan fingerprint density at radius 2 is 2.20 bits per heavy atom. The minimum absolute atomic E-state index is 0.144. The number of methoxy groups -OCH3 is 1. The number of phenols is 1. The molecule has 0 spiro atoms. The van der Waals surface area contributed by atoms with E-state index in [-0.39, 0.29) is 24.0 Å². The van der Waals surface area contributed by atoms with Crippen LogP contribution in [0.3, 0.4) is 0 Å². The topological polar surface area (TPSA) is 58.6 Å². The molecule has 0 radical (unpaired) electrons. The van der Waals surface area contributed by atoms with Gasteiger partial charge in [0.2, 0.25) is 0 Å². The maximum atomic E-state index is 11.9. The molecular weight excluding hydrogens is 254 g/mol. The predicted octanol–water partition coefficient (Wildman–Crippen LogP) is 2.56. The summed E-state index contributed by atoms with van der Waals surface area (Å²) in [6.07, 6.45) is 3.03. The highest BCUT2D eigenvalue weighted by Crippen LogP contribution is 2.32. The van der Waals surface area contributed by atoms with Crippen LogP contribution in [-0.4, -0.2) is 24.2 Å². The van der Waals surface area contributed by atoms with E-state index in [1.807, 2.05) is 26.0 Å². The van der Waals surface area contributed by atoms with Crippen LogP contribution in [0.1, 0.15) is 43.9 Å². The minimum atomic E-state index is -0.301. The summed E-state index contributed by atoms with van der Waals surface area (Å²) in [7, 11) is 1.42. The minimum Gasteiger partial charge on any atom is -0.508 e. The Balaban J connectivity index is 2.20. The van der Waals surface area contributed by atoms with Crippen LogP contribution in [0, 0.1) is 5.92 Å². The summed E-state index contributed by atoms with van der Waals surface area (Å²) in [5.41, 5.74) is 2.35. The number of aryl methyl sites for hydroxylation is 1. The van der Waals surface area contributed by atoms with Crippen LogP contribution in [0.25, 0.3) is 0 Å². The van der Waals surface area contributed by atoms with Crippen molar-refractivity contribution in [2.45, 2.75) is 45.2 Å². The summed E-state index contributed by atoms with van der Waals surface area (Å²) in [6, 6.07) is 5.33. The van der Waals surface area contributed by atoms with Crippen molar-refractivity contribution >= 4 is 5.97 Å². The van der Waals surface area contributed by atoms with Gasteiger partial charge in [-0.15, -0.1) is 0 Å². The lowest BCUT2D eigenvalue weighted by Crippen LogP contribution is -2.44. The monoisotopic (exact) mass is 277 g/mol. The number of hydrogen-bond donors (Lipinski definition) is 2. The second-order valence-corrected chi connectivity index (χ2v) is 5.74. The lowest BCUT2D eigenvalue weighted by Gasteiger charge is -2.31. The molecule has 1 aliphatic carbocycles. The van der Waals surface area contributed by atoms with Crippen molar-refractivity contribution in [1.29, 1.82) is 0 Å². The molecule has 1 aromatic rings. The smallest absolute Gasteiger partial charge is 0.323 e. The lowest BCUT2D eigenvalue weighted by atomic mass is 9.86. The Morgan fingerprint density at radius 3 is 2.85 bits per heavy atom. The number of esters is 1. The molecule has 4 heteroatoms. The first kappa shape index (κ1) is 14.9. The first-order chi connectivity index (χ1) is 9.52. The fraction of sp³-hybridized carbons (Fsp3) is 0.562. The molecule has 0 bridgehead atoms. The van der Waals surface area contributed by atoms with E-state index in [9.17, 15) is 9.90 Å². The van der Waals surface area contributed by atoms with Crippen molar-refractivity contribution in [1.82, 2.24) is 5.32 Å². The molecule has 4 nitrogen and oxygen atoms in total. The van der Waals surface area contributed by atoms with Crippen LogP contribution in [0.15, 0.2) is 18.2 Å². The van der Waals surface area contributed by atoms with E-state index in [0.717, 1.165) is 19.3 Å². The van der Waals surface area contributed by atoms with Gasteiger partial charge in [-0.3, -0.25) is 10.1 Å².